The lowest BCUT2D eigenvalue weighted by molar-refractivity contribution is -0.122. The highest BCUT2D eigenvalue weighted by Crippen LogP contribution is 2.17. The minimum absolute atomic E-state index is 0.0446. The molecule has 1 atom stereocenters. The predicted molar refractivity (Wildman–Crippen MR) is 110 cm³/mol. The summed E-state index contributed by atoms with van der Waals surface area (Å²) in [5.41, 5.74) is 3.01. The Labute approximate surface area is 161 Å². The van der Waals surface area contributed by atoms with Gasteiger partial charge < -0.3 is 16.0 Å². The van der Waals surface area contributed by atoms with E-state index in [9.17, 15) is 9.59 Å². The van der Waals surface area contributed by atoms with Crippen LogP contribution < -0.4 is 16.0 Å². The van der Waals surface area contributed by atoms with Crippen LogP contribution >= 0.6 is 0 Å². The van der Waals surface area contributed by atoms with E-state index in [0.29, 0.717) is 19.0 Å². The third-order valence-electron chi connectivity index (χ3n) is 4.26. The minimum atomic E-state index is -0.288. The largest absolute Gasteiger partial charge is 0.354 e. The van der Waals surface area contributed by atoms with Crippen molar-refractivity contribution in [3.8, 4) is 0 Å². The highest BCUT2D eigenvalue weighted by Gasteiger charge is 2.14. The summed E-state index contributed by atoms with van der Waals surface area (Å²) in [7, 11) is 0. The van der Waals surface area contributed by atoms with Gasteiger partial charge in [-0.15, -0.1) is 0 Å². The number of nitrogens with one attached hydrogen (secondary N) is 3. The number of carbonyl (C=O) groups is 2. The lowest BCUT2D eigenvalue weighted by atomic mass is 9.96. The summed E-state index contributed by atoms with van der Waals surface area (Å²) in [5, 5.41) is 8.33. The van der Waals surface area contributed by atoms with Crippen LogP contribution in [0.25, 0.3) is 0 Å². The number of hydrogen-bond acceptors (Lipinski definition) is 2. The first-order valence-electron chi connectivity index (χ1n) is 9.42. The van der Waals surface area contributed by atoms with E-state index in [-0.39, 0.29) is 17.9 Å². The molecule has 0 aliphatic heterocycles. The van der Waals surface area contributed by atoms with Crippen LogP contribution in [0.4, 0.5) is 10.5 Å². The molecule has 3 amide bonds. The lowest BCUT2D eigenvalue weighted by Gasteiger charge is -2.14. The Hall–Kier alpha value is -2.82. The van der Waals surface area contributed by atoms with E-state index in [4.69, 9.17) is 0 Å². The molecule has 1 unspecified atom stereocenters. The van der Waals surface area contributed by atoms with Gasteiger partial charge in [-0.2, -0.15) is 0 Å². The van der Waals surface area contributed by atoms with E-state index in [0.717, 1.165) is 17.7 Å². The van der Waals surface area contributed by atoms with Crippen molar-refractivity contribution >= 4 is 17.6 Å². The maximum atomic E-state index is 12.3. The normalized spacial score (nSPS) is 11.7. The number of amides is 3. The molecular weight excluding hydrogens is 338 g/mol. The van der Waals surface area contributed by atoms with E-state index in [1.54, 1.807) is 0 Å². The Morgan fingerprint density at radius 1 is 0.852 bits per heavy atom. The maximum absolute atomic E-state index is 12.3. The van der Waals surface area contributed by atoms with Gasteiger partial charge in [0.05, 0.1) is 5.92 Å². The van der Waals surface area contributed by atoms with Crippen molar-refractivity contribution in [3.05, 3.63) is 65.7 Å². The van der Waals surface area contributed by atoms with E-state index in [1.807, 2.05) is 49.4 Å². The number of carbonyl (C=O) groups excluding carboxylic acids is 2. The van der Waals surface area contributed by atoms with Crippen LogP contribution in [0, 0.1) is 5.92 Å². The number of rotatable bonds is 8. The topological polar surface area (TPSA) is 70.2 Å². The Balaban J connectivity index is 1.71. The molecule has 0 spiro atoms. The number of hydrogen-bond donors (Lipinski definition) is 3. The molecule has 0 aromatic heterocycles. The number of urea groups is 1. The van der Waals surface area contributed by atoms with Gasteiger partial charge in [0.25, 0.3) is 0 Å². The van der Waals surface area contributed by atoms with Crippen LogP contribution in [0.15, 0.2) is 54.6 Å². The first-order valence-corrected chi connectivity index (χ1v) is 9.42. The summed E-state index contributed by atoms with van der Waals surface area (Å²) in [5.74, 6) is 0.344. The van der Waals surface area contributed by atoms with E-state index >= 15 is 0 Å². The number of benzene rings is 2. The second kappa shape index (κ2) is 10.4. The molecule has 0 radical (unpaired) electrons. The number of para-hydroxylation sites is 1. The molecule has 144 valence electrons. The van der Waals surface area contributed by atoms with E-state index in [1.165, 1.54) is 5.56 Å². The van der Waals surface area contributed by atoms with Crippen LogP contribution in [0.2, 0.25) is 0 Å². The van der Waals surface area contributed by atoms with E-state index in [2.05, 4.69) is 41.9 Å². The van der Waals surface area contributed by atoms with Crippen molar-refractivity contribution in [2.45, 2.75) is 33.1 Å². The van der Waals surface area contributed by atoms with Crippen molar-refractivity contribution in [3.63, 3.8) is 0 Å². The third-order valence-corrected chi connectivity index (χ3v) is 4.26. The molecule has 2 aromatic carbocycles. The zero-order valence-electron chi connectivity index (χ0n) is 16.3. The van der Waals surface area contributed by atoms with E-state index < -0.39 is 0 Å². The van der Waals surface area contributed by atoms with Crippen molar-refractivity contribution in [2.24, 2.45) is 5.92 Å². The van der Waals surface area contributed by atoms with Crippen LogP contribution in [0.5, 0.6) is 0 Å². The Morgan fingerprint density at radius 3 is 2.11 bits per heavy atom. The minimum Gasteiger partial charge on any atom is -0.354 e. The van der Waals surface area contributed by atoms with Gasteiger partial charge in [0.15, 0.2) is 0 Å². The van der Waals surface area contributed by atoms with Gasteiger partial charge in [-0.3, -0.25) is 4.79 Å². The second-order valence-corrected chi connectivity index (χ2v) is 7.10. The highest BCUT2D eigenvalue weighted by atomic mass is 16.2. The molecule has 0 bridgehead atoms. The molecular formula is C22H29N3O2. The SMILES string of the molecule is CC(C)Cc1ccc(C(C)C(=O)NCCNC(=O)Nc2ccccc2)cc1. The first kappa shape index (κ1) is 20.5. The van der Waals surface area contributed by atoms with Gasteiger partial charge in [-0.05, 0) is 42.5 Å². The van der Waals surface area contributed by atoms with Gasteiger partial charge in [0, 0.05) is 18.8 Å². The third kappa shape index (κ3) is 7.13. The summed E-state index contributed by atoms with van der Waals surface area (Å²) in [6, 6.07) is 17.2. The van der Waals surface area contributed by atoms with Crippen LogP contribution in [-0.2, 0) is 11.2 Å². The molecule has 0 fully saturated rings. The average molecular weight is 367 g/mol. The summed E-state index contributed by atoms with van der Waals surface area (Å²) in [6.45, 7) is 7.03. The second-order valence-electron chi connectivity index (χ2n) is 7.10. The predicted octanol–water partition coefficient (Wildman–Crippen LogP) is 3.93. The van der Waals surface area contributed by atoms with Gasteiger partial charge >= 0.3 is 6.03 Å². The van der Waals surface area contributed by atoms with Gasteiger partial charge in [-0.1, -0.05) is 56.3 Å². The van der Waals surface area contributed by atoms with Crippen molar-refractivity contribution in [2.75, 3.05) is 18.4 Å². The summed E-state index contributed by atoms with van der Waals surface area (Å²) in [6.07, 6.45) is 1.04. The van der Waals surface area contributed by atoms with Crippen LogP contribution in [-0.4, -0.2) is 25.0 Å². The summed E-state index contributed by atoms with van der Waals surface area (Å²) in [4.78, 5) is 24.1. The Morgan fingerprint density at radius 2 is 1.48 bits per heavy atom. The van der Waals surface area contributed by atoms with Gasteiger partial charge in [-0.25, -0.2) is 4.79 Å². The molecule has 2 rings (SSSR count). The monoisotopic (exact) mass is 367 g/mol. The van der Waals surface area contributed by atoms with Gasteiger partial charge in [0.1, 0.15) is 0 Å². The van der Waals surface area contributed by atoms with Crippen molar-refractivity contribution in [1.29, 1.82) is 0 Å². The summed E-state index contributed by atoms with van der Waals surface area (Å²) >= 11 is 0. The molecule has 0 heterocycles. The zero-order chi connectivity index (χ0) is 19.6. The molecule has 5 heteroatoms. The molecule has 2 aromatic rings. The Kier molecular flexibility index (Phi) is 7.86. The van der Waals surface area contributed by atoms with Crippen LogP contribution in [0.3, 0.4) is 0 Å². The highest BCUT2D eigenvalue weighted by molar-refractivity contribution is 5.89. The fourth-order valence-corrected chi connectivity index (χ4v) is 2.78. The van der Waals surface area contributed by atoms with Crippen molar-refractivity contribution in [1.82, 2.24) is 10.6 Å². The van der Waals surface area contributed by atoms with Crippen LogP contribution in [0.1, 0.15) is 37.8 Å². The van der Waals surface area contributed by atoms with Crippen molar-refractivity contribution < 1.29 is 9.59 Å². The molecule has 27 heavy (non-hydrogen) atoms. The molecule has 0 aliphatic rings. The quantitative estimate of drug-likeness (QED) is 0.619. The fourth-order valence-electron chi connectivity index (χ4n) is 2.78. The first-order chi connectivity index (χ1) is 13.0. The maximum Gasteiger partial charge on any atom is 0.319 e. The molecule has 0 saturated heterocycles. The smallest absolute Gasteiger partial charge is 0.319 e. The molecule has 3 N–H and O–H groups in total. The Bertz CT molecular complexity index is 727. The average Bonchev–Trinajstić information content (AvgIpc) is 2.65. The number of anilines is 1. The lowest BCUT2D eigenvalue weighted by Crippen LogP contribution is -2.38. The zero-order valence-corrected chi connectivity index (χ0v) is 16.3. The summed E-state index contributed by atoms with van der Waals surface area (Å²) < 4.78 is 0. The molecule has 0 aliphatic carbocycles. The van der Waals surface area contributed by atoms with Gasteiger partial charge in [0.2, 0.25) is 5.91 Å². The molecule has 0 saturated carbocycles. The molecule has 5 nitrogen and oxygen atoms in total. The standard InChI is InChI=1S/C22H29N3O2/c1-16(2)15-18-9-11-19(12-10-18)17(3)21(26)23-13-14-24-22(27)25-20-7-5-4-6-8-20/h4-12,16-17H,13-15H2,1-3H3,(H,23,26)(H2,24,25,27). The fraction of sp³-hybridized carbons (Fsp3) is 0.364.